The summed E-state index contributed by atoms with van der Waals surface area (Å²) in [4.78, 5) is 8.26. The first-order chi connectivity index (χ1) is 9.62. The molecule has 8 heteroatoms. The van der Waals surface area contributed by atoms with Crippen molar-refractivity contribution in [1.82, 2.24) is 9.97 Å². The van der Waals surface area contributed by atoms with Crippen LogP contribution in [0.2, 0.25) is 0 Å². The molecule has 0 unspecified atom stereocenters. The SMILES string of the molecule is COCc1nc(NN)cc(Oc2ccc(F)cc2Br)n1. The fourth-order valence-electron chi connectivity index (χ4n) is 1.46. The summed E-state index contributed by atoms with van der Waals surface area (Å²) in [6.45, 7) is 0.219. The van der Waals surface area contributed by atoms with E-state index >= 15 is 0 Å². The van der Waals surface area contributed by atoms with E-state index in [9.17, 15) is 4.39 Å². The predicted molar refractivity (Wildman–Crippen MR) is 74.7 cm³/mol. The molecule has 0 amide bonds. The molecule has 6 nitrogen and oxygen atoms in total. The van der Waals surface area contributed by atoms with Gasteiger partial charge in [0.05, 0.1) is 4.47 Å². The van der Waals surface area contributed by atoms with E-state index < -0.39 is 0 Å². The summed E-state index contributed by atoms with van der Waals surface area (Å²) in [6.07, 6.45) is 0. The average molecular weight is 343 g/mol. The molecule has 0 atom stereocenters. The Morgan fingerprint density at radius 1 is 1.35 bits per heavy atom. The molecule has 1 aromatic heterocycles. The number of anilines is 1. The van der Waals surface area contributed by atoms with Crippen molar-refractivity contribution in [3.05, 3.63) is 40.4 Å². The minimum atomic E-state index is -0.365. The topological polar surface area (TPSA) is 82.3 Å². The fraction of sp³-hybridized carbons (Fsp3) is 0.167. The molecule has 0 saturated heterocycles. The zero-order chi connectivity index (χ0) is 14.5. The first-order valence-corrected chi connectivity index (χ1v) is 6.38. The van der Waals surface area contributed by atoms with Crippen LogP contribution in [0, 0.1) is 5.82 Å². The number of nitrogens with two attached hydrogens (primary N) is 1. The predicted octanol–water partition coefficient (Wildman–Crippen LogP) is 2.60. The van der Waals surface area contributed by atoms with Crippen LogP contribution in [0.3, 0.4) is 0 Å². The maximum atomic E-state index is 13.0. The summed E-state index contributed by atoms with van der Waals surface area (Å²) in [6, 6.07) is 5.61. The Morgan fingerprint density at radius 2 is 2.15 bits per heavy atom. The van der Waals surface area contributed by atoms with Crippen LogP contribution in [0.25, 0.3) is 0 Å². The molecule has 1 aromatic carbocycles. The largest absolute Gasteiger partial charge is 0.438 e. The third-order valence-corrected chi connectivity index (χ3v) is 2.90. The van der Waals surface area contributed by atoms with Gasteiger partial charge in [-0.2, -0.15) is 4.98 Å². The number of nitrogens with zero attached hydrogens (tertiary/aromatic N) is 2. The van der Waals surface area contributed by atoms with Gasteiger partial charge in [0.25, 0.3) is 0 Å². The summed E-state index contributed by atoms with van der Waals surface area (Å²) < 4.78 is 24.0. The third-order valence-electron chi connectivity index (χ3n) is 2.28. The second-order valence-corrected chi connectivity index (χ2v) is 4.62. The Morgan fingerprint density at radius 3 is 2.80 bits per heavy atom. The summed E-state index contributed by atoms with van der Waals surface area (Å²) in [5, 5.41) is 0. The van der Waals surface area contributed by atoms with Crippen LogP contribution in [-0.4, -0.2) is 17.1 Å². The van der Waals surface area contributed by atoms with Gasteiger partial charge in [-0.05, 0) is 34.1 Å². The average Bonchev–Trinajstić information content (AvgIpc) is 2.42. The van der Waals surface area contributed by atoms with E-state index in [0.29, 0.717) is 21.9 Å². The molecule has 106 valence electrons. The number of hydrogen-bond acceptors (Lipinski definition) is 6. The third kappa shape index (κ3) is 3.62. The van der Waals surface area contributed by atoms with Crippen molar-refractivity contribution in [3.8, 4) is 11.6 Å². The highest BCUT2D eigenvalue weighted by atomic mass is 79.9. The second kappa shape index (κ2) is 6.60. The van der Waals surface area contributed by atoms with Gasteiger partial charge in [0, 0.05) is 13.2 Å². The Hall–Kier alpha value is -1.77. The lowest BCUT2D eigenvalue weighted by molar-refractivity contribution is 0.177. The highest BCUT2D eigenvalue weighted by molar-refractivity contribution is 9.10. The van der Waals surface area contributed by atoms with Crippen LogP contribution in [-0.2, 0) is 11.3 Å². The lowest BCUT2D eigenvalue weighted by Gasteiger charge is -2.09. The number of hydrogen-bond donors (Lipinski definition) is 2. The molecule has 2 aromatic rings. The van der Waals surface area contributed by atoms with Crippen molar-refractivity contribution < 1.29 is 13.9 Å². The van der Waals surface area contributed by atoms with Gasteiger partial charge in [-0.15, -0.1) is 0 Å². The van der Waals surface area contributed by atoms with E-state index in [0.717, 1.165) is 0 Å². The number of nitrogen functional groups attached to an aromatic ring is 1. The van der Waals surface area contributed by atoms with E-state index in [1.165, 1.54) is 31.4 Å². The van der Waals surface area contributed by atoms with Crippen LogP contribution in [0.5, 0.6) is 11.6 Å². The lowest BCUT2D eigenvalue weighted by atomic mass is 10.3. The summed E-state index contributed by atoms with van der Waals surface area (Å²) in [7, 11) is 1.53. The fourth-order valence-corrected chi connectivity index (χ4v) is 1.90. The van der Waals surface area contributed by atoms with E-state index in [2.05, 4.69) is 31.3 Å². The van der Waals surface area contributed by atoms with Gasteiger partial charge >= 0.3 is 0 Å². The number of ether oxygens (including phenoxy) is 2. The van der Waals surface area contributed by atoms with Crippen molar-refractivity contribution in [3.63, 3.8) is 0 Å². The molecule has 0 aliphatic rings. The van der Waals surface area contributed by atoms with Gasteiger partial charge < -0.3 is 14.9 Å². The first-order valence-electron chi connectivity index (χ1n) is 5.59. The normalized spacial score (nSPS) is 10.4. The molecule has 0 spiro atoms. The van der Waals surface area contributed by atoms with Crippen molar-refractivity contribution in [2.24, 2.45) is 5.84 Å². The van der Waals surface area contributed by atoms with Crippen molar-refractivity contribution in [1.29, 1.82) is 0 Å². The summed E-state index contributed by atoms with van der Waals surface area (Å²) in [5.74, 6) is 6.47. The van der Waals surface area contributed by atoms with E-state index in [4.69, 9.17) is 15.3 Å². The number of aromatic nitrogens is 2. The Labute approximate surface area is 123 Å². The monoisotopic (exact) mass is 342 g/mol. The number of halogens is 2. The molecule has 20 heavy (non-hydrogen) atoms. The molecule has 0 aliphatic carbocycles. The molecule has 0 aliphatic heterocycles. The Balaban J connectivity index is 2.29. The zero-order valence-electron chi connectivity index (χ0n) is 10.6. The molecule has 0 radical (unpaired) electrons. The highest BCUT2D eigenvalue weighted by Crippen LogP contribution is 2.30. The van der Waals surface area contributed by atoms with Gasteiger partial charge in [0.1, 0.15) is 24.0 Å². The van der Waals surface area contributed by atoms with Crippen LogP contribution in [0.1, 0.15) is 5.82 Å². The number of benzene rings is 1. The minimum absolute atomic E-state index is 0.219. The number of methoxy groups -OCH3 is 1. The van der Waals surface area contributed by atoms with Gasteiger partial charge in [-0.1, -0.05) is 0 Å². The highest BCUT2D eigenvalue weighted by Gasteiger charge is 2.09. The van der Waals surface area contributed by atoms with E-state index in [-0.39, 0.29) is 18.3 Å². The van der Waals surface area contributed by atoms with Crippen molar-refractivity contribution in [2.45, 2.75) is 6.61 Å². The van der Waals surface area contributed by atoms with Crippen LogP contribution in [0.15, 0.2) is 28.7 Å². The zero-order valence-corrected chi connectivity index (χ0v) is 12.1. The number of rotatable bonds is 5. The van der Waals surface area contributed by atoms with Gasteiger partial charge in [0.15, 0.2) is 5.82 Å². The molecule has 1 heterocycles. The van der Waals surface area contributed by atoms with Gasteiger partial charge in [-0.3, -0.25) is 0 Å². The van der Waals surface area contributed by atoms with Crippen LogP contribution < -0.4 is 16.0 Å². The number of hydrazine groups is 1. The van der Waals surface area contributed by atoms with Gasteiger partial charge in [0.2, 0.25) is 5.88 Å². The number of nitrogens with one attached hydrogen (secondary N) is 1. The maximum absolute atomic E-state index is 13.0. The maximum Gasteiger partial charge on any atom is 0.224 e. The van der Waals surface area contributed by atoms with Crippen molar-refractivity contribution in [2.75, 3.05) is 12.5 Å². The molecule has 0 saturated carbocycles. The first kappa shape index (κ1) is 14.6. The van der Waals surface area contributed by atoms with Gasteiger partial charge in [-0.25, -0.2) is 15.2 Å². The second-order valence-electron chi connectivity index (χ2n) is 3.76. The lowest BCUT2D eigenvalue weighted by Crippen LogP contribution is -2.11. The summed E-state index contributed by atoms with van der Waals surface area (Å²) >= 11 is 3.22. The Kier molecular flexibility index (Phi) is 4.83. The smallest absolute Gasteiger partial charge is 0.224 e. The summed E-state index contributed by atoms with van der Waals surface area (Å²) in [5.41, 5.74) is 2.42. The van der Waals surface area contributed by atoms with E-state index in [1.54, 1.807) is 0 Å². The van der Waals surface area contributed by atoms with Crippen LogP contribution >= 0.6 is 15.9 Å². The standard InChI is InChI=1S/C12H12BrFN4O2/c1-19-6-11-16-10(18-15)5-12(17-11)20-9-3-2-7(14)4-8(9)13/h2-5H,6,15H2,1H3,(H,16,17,18). The molecule has 3 N–H and O–H groups in total. The molecule has 0 fully saturated rings. The van der Waals surface area contributed by atoms with Crippen molar-refractivity contribution >= 4 is 21.7 Å². The Bertz CT molecular complexity index is 612. The molecular formula is C12H12BrFN4O2. The minimum Gasteiger partial charge on any atom is -0.438 e. The molecular weight excluding hydrogens is 331 g/mol. The van der Waals surface area contributed by atoms with Crippen LogP contribution in [0.4, 0.5) is 10.2 Å². The van der Waals surface area contributed by atoms with E-state index in [1.807, 2.05) is 0 Å². The molecule has 2 rings (SSSR count). The molecule has 0 bridgehead atoms. The quantitative estimate of drug-likeness (QED) is 0.642.